The van der Waals surface area contributed by atoms with Crippen LogP contribution in [-0.2, 0) is 0 Å². The second-order valence-corrected chi connectivity index (χ2v) is 5.54. The van der Waals surface area contributed by atoms with E-state index < -0.39 is 0 Å². The zero-order chi connectivity index (χ0) is 13.4. The molecule has 4 heteroatoms. The lowest BCUT2D eigenvalue weighted by Gasteiger charge is -2.44. The van der Waals surface area contributed by atoms with Crippen molar-refractivity contribution in [3.63, 3.8) is 0 Å². The molecule has 19 heavy (non-hydrogen) atoms. The summed E-state index contributed by atoms with van der Waals surface area (Å²) in [4.78, 5) is 16.5. The number of nitrogens with one attached hydrogen (secondary N) is 1. The van der Waals surface area contributed by atoms with Crippen LogP contribution in [0.4, 0.5) is 10.5 Å². The Morgan fingerprint density at radius 3 is 2.84 bits per heavy atom. The number of benzene rings is 1. The molecule has 0 saturated carbocycles. The minimum atomic E-state index is 0.168. The average Bonchev–Trinajstić information content (AvgIpc) is 2.43. The smallest absolute Gasteiger partial charge is 0.319 e. The van der Waals surface area contributed by atoms with Crippen molar-refractivity contribution in [3.05, 3.63) is 29.3 Å². The van der Waals surface area contributed by atoms with Crippen molar-refractivity contribution in [2.24, 2.45) is 0 Å². The molecule has 0 bridgehead atoms. The number of rotatable bonds is 1. The first-order valence-corrected chi connectivity index (χ1v) is 7.03. The molecule has 0 spiro atoms. The molecule has 2 aliphatic rings. The van der Waals surface area contributed by atoms with Crippen molar-refractivity contribution in [3.8, 4) is 0 Å². The number of amides is 2. The van der Waals surface area contributed by atoms with Crippen LogP contribution in [0.3, 0.4) is 0 Å². The van der Waals surface area contributed by atoms with Crippen LogP contribution in [0.2, 0.25) is 0 Å². The second-order valence-electron chi connectivity index (χ2n) is 5.54. The van der Waals surface area contributed by atoms with Crippen molar-refractivity contribution in [2.75, 3.05) is 31.1 Å². The van der Waals surface area contributed by atoms with Gasteiger partial charge in [-0.2, -0.15) is 0 Å². The number of urea groups is 1. The maximum absolute atomic E-state index is 12.6. The third-order valence-electron chi connectivity index (χ3n) is 4.31. The monoisotopic (exact) mass is 259 g/mol. The van der Waals surface area contributed by atoms with E-state index in [9.17, 15) is 4.79 Å². The van der Waals surface area contributed by atoms with Gasteiger partial charge >= 0.3 is 6.03 Å². The summed E-state index contributed by atoms with van der Waals surface area (Å²) >= 11 is 0. The van der Waals surface area contributed by atoms with Gasteiger partial charge in [0, 0.05) is 37.9 Å². The van der Waals surface area contributed by atoms with E-state index >= 15 is 0 Å². The number of aryl methyl sites for hydroxylation is 2. The molecule has 1 aromatic rings. The number of hydrogen-bond acceptors (Lipinski definition) is 2. The summed E-state index contributed by atoms with van der Waals surface area (Å²) < 4.78 is 0. The summed E-state index contributed by atoms with van der Waals surface area (Å²) in [6.07, 6.45) is 1.05. The normalized spacial score (nSPS) is 23.5. The van der Waals surface area contributed by atoms with Crippen LogP contribution in [0, 0.1) is 13.8 Å². The van der Waals surface area contributed by atoms with E-state index in [1.807, 2.05) is 9.80 Å². The van der Waals surface area contributed by atoms with Crippen LogP contribution in [0.5, 0.6) is 0 Å². The molecular weight excluding hydrogens is 238 g/mol. The molecule has 2 amide bonds. The van der Waals surface area contributed by atoms with Crippen LogP contribution in [0.15, 0.2) is 18.2 Å². The summed E-state index contributed by atoms with van der Waals surface area (Å²) in [5, 5.41) is 3.36. The van der Waals surface area contributed by atoms with E-state index in [-0.39, 0.29) is 6.03 Å². The zero-order valence-electron chi connectivity index (χ0n) is 11.6. The van der Waals surface area contributed by atoms with Crippen LogP contribution < -0.4 is 10.2 Å². The van der Waals surface area contributed by atoms with Gasteiger partial charge < -0.3 is 10.2 Å². The highest BCUT2D eigenvalue weighted by Gasteiger charge is 2.35. The highest BCUT2D eigenvalue weighted by Crippen LogP contribution is 2.25. The lowest BCUT2D eigenvalue weighted by Crippen LogP contribution is -2.61. The van der Waals surface area contributed by atoms with Gasteiger partial charge in [-0.05, 0) is 43.5 Å². The number of carbonyl (C=O) groups is 1. The summed E-state index contributed by atoms with van der Waals surface area (Å²) in [6.45, 7) is 7.69. The summed E-state index contributed by atoms with van der Waals surface area (Å²) in [6, 6.07) is 6.82. The minimum absolute atomic E-state index is 0.168. The van der Waals surface area contributed by atoms with E-state index in [4.69, 9.17) is 0 Å². The molecule has 2 fully saturated rings. The summed E-state index contributed by atoms with van der Waals surface area (Å²) in [5.41, 5.74) is 3.55. The standard InChI is InChI=1S/C15H21N3O/c1-11-3-4-13(9-12(11)2)17-7-5-14-10-16-6-8-18(14)15(17)19/h3-4,9,14,16H,5-8,10H2,1-2H3. The number of nitrogens with zero attached hydrogens (tertiary/aromatic N) is 2. The molecule has 1 unspecified atom stereocenters. The lowest BCUT2D eigenvalue weighted by molar-refractivity contribution is 0.147. The first kappa shape index (κ1) is 12.5. The molecule has 0 radical (unpaired) electrons. The van der Waals surface area contributed by atoms with Gasteiger partial charge in [0.25, 0.3) is 0 Å². The van der Waals surface area contributed by atoms with Gasteiger partial charge in [-0.1, -0.05) is 6.07 Å². The summed E-state index contributed by atoms with van der Waals surface area (Å²) in [5.74, 6) is 0. The predicted octanol–water partition coefficient (Wildman–Crippen LogP) is 1.91. The van der Waals surface area contributed by atoms with Crippen molar-refractivity contribution in [1.29, 1.82) is 0 Å². The Bertz CT molecular complexity index is 500. The third-order valence-corrected chi connectivity index (χ3v) is 4.31. The number of carbonyl (C=O) groups excluding carboxylic acids is 1. The van der Waals surface area contributed by atoms with Gasteiger partial charge in [-0.3, -0.25) is 4.90 Å². The van der Waals surface area contributed by atoms with E-state index in [1.165, 1.54) is 11.1 Å². The molecule has 2 saturated heterocycles. The molecule has 2 aliphatic heterocycles. The van der Waals surface area contributed by atoms with Crippen molar-refractivity contribution in [1.82, 2.24) is 10.2 Å². The predicted molar refractivity (Wildman–Crippen MR) is 76.6 cm³/mol. The van der Waals surface area contributed by atoms with Crippen molar-refractivity contribution < 1.29 is 4.79 Å². The van der Waals surface area contributed by atoms with Gasteiger partial charge in [0.2, 0.25) is 0 Å². The molecule has 2 heterocycles. The SMILES string of the molecule is Cc1ccc(N2CCC3CNCCN3C2=O)cc1C. The molecule has 1 aromatic carbocycles. The summed E-state index contributed by atoms with van der Waals surface area (Å²) in [7, 11) is 0. The Morgan fingerprint density at radius 2 is 2.05 bits per heavy atom. The average molecular weight is 259 g/mol. The van der Waals surface area contributed by atoms with Gasteiger partial charge in [0.15, 0.2) is 0 Å². The highest BCUT2D eigenvalue weighted by atomic mass is 16.2. The lowest BCUT2D eigenvalue weighted by atomic mass is 10.0. The molecule has 3 rings (SSSR count). The van der Waals surface area contributed by atoms with E-state index in [0.717, 1.165) is 38.3 Å². The topological polar surface area (TPSA) is 35.6 Å². The quantitative estimate of drug-likeness (QED) is 0.836. The number of piperazine rings is 1. The van der Waals surface area contributed by atoms with E-state index in [2.05, 4.69) is 37.4 Å². The number of fused-ring (bicyclic) bond motifs is 1. The minimum Gasteiger partial charge on any atom is -0.319 e. The molecule has 0 aliphatic carbocycles. The maximum Gasteiger partial charge on any atom is 0.324 e. The van der Waals surface area contributed by atoms with Crippen LogP contribution in [0.25, 0.3) is 0 Å². The molecule has 1 atom stereocenters. The number of anilines is 1. The van der Waals surface area contributed by atoms with Crippen molar-refractivity contribution in [2.45, 2.75) is 26.3 Å². The maximum atomic E-state index is 12.6. The van der Waals surface area contributed by atoms with Gasteiger partial charge in [0.1, 0.15) is 0 Å². The Labute approximate surface area is 114 Å². The first-order chi connectivity index (χ1) is 9.16. The zero-order valence-corrected chi connectivity index (χ0v) is 11.6. The van der Waals surface area contributed by atoms with Crippen LogP contribution in [-0.4, -0.2) is 43.2 Å². The van der Waals surface area contributed by atoms with Gasteiger partial charge in [-0.15, -0.1) is 0 Å². The second kappa shape index (κ2) is 4.85. The van der Waals surface area contributed by atoms with Crippen LogP contribution >= 0.6 is 0 Å². The fraction of sp³-hybridized carbons (Fsp3) is 0.533. The fourth-order valence-electron chi connectivity index (χ4n) is 2.93. The number of hydrogen-bond donors (Lipinski definition) is 1. The molecule has 102 valence electrons. The third kappa shape index (κ3) is 2.21. The highest BCUT2D eigenvalue weighted by molar-refractivity contribution is 5.93. The Balaban J connectivity index is 1.85. The van der Waals surface area contributed by atoms with Crippen molar-refractivity contribution >= 4 is 11.7 Å². The molecular formula is C15H21N3O. The molecule has 1 N–H and O–H groups in total. The molecule has 4 nitrogen and oxygen atoms in total. The fourth-order valence-corrected chi connectivity index (χ4v) is 2.93. The Kier molecular flexibility index (Phi) is 3.19. The Morgan fingerprint density at radius 1 is 1.21 bits per heavy atom. The van der Waals surface area contributed by atoms with E-state index in [0.29, 0.717) is 6.04 Å². The largest absolute Gasteiger partial charge is 0.324 e. The van der Waals surface area contributed by atoms with Gasteiger partial charge in [0.05, 0.1) is 0 Å². The van der Waals surface area contributed by atoms with Crippen LogP contribution in [0.1, 0.15) is 17.5 Å². The first-order valence-electron chi connectivity index (χ1n) is 7.03. The molecule has 0 aromatic heterocycles. The Hall–Kier alpha value is -1.55. The van der Waals surface area contributed by atoms with E-state index in [1.54, 1.807) is 0 Å². The van der Waals surface area contributed by atoms with Gasteiger partial charge in [-0.25, -0.2) is 4.79 Å².